The molecule has 0 spiro atoms. The summed E-state index contributed by atoms with van der Waals surface area (Å²) in [7, 11) is 0. The van der Waals surface area contributed by atoms with Crippen molar-refractivity contribution in [1.29, 1.82) is 5.26 Å². The van der Waals surface area contributed by atoms with E-state index in [1.54, 1.807) is 0 Å². The summed E-state index contributed by atoms with van der Waals surface area (Å²) < 4.78 is 5.70. The van der Waals surface area contributed by atoms with Crippen LogP contribution in [0.25, 0.3) is 33.2 Å². The lowest BCUT2D eigenvalue weighted by atomic mass is 9.98. The zero-order chi connectivity index (χ0) is 19.5. The quantitative estimate of drug-likeness (QED) is 0.403. The van der Waals surface area contributed by atoms with Crippen molar-refractivity contribution >= 4 is 22.4 Å². The van der Waals surface area contributed by atoms with E-state index in [-0.39, 0.29) is 0 Å². The lowest BCUT2D eigenvalue weighted by Crippen LogP contribution is -2.01. The second kappa shape index (κ2) is 7.72. The van der Waals surface area contributed by atoms with Crippen molar-refractivity contribution < 1.29 is 4.74 Å². The number of nitriles is 1. The maximum atomic E-state index is 9.75. The lowest BCUT2D eigenvalue weighted by Gasteiger charge is -2.13. The monoisotopic (exact) mass is 384 g/mol. The van der Waals surface area contributed by atoms with Crippen molar-refractivity contribution in [2.75, 3.05) is 6.61 Å². The highest BCUT2D eigenvalue weighted by atomic mass is 35.5. The van der Waals surface area contributed by atoms with Crippen LogP contribution in [0.2, 0.25) is 5.02 Å². The first-order valence-corrected chi connectivity index (χ1v) is 9.40. The molecule has 4 rings (SSSR count). The number of rotatable bonds is 4. The number of hydrogen-bond acceptors (Lipinski definition) is 3. The summed E-state index contributed by atoms with van der Waals surface area (Å²) in [6, 6.07) is 26.0. The highest BCUT2D eigenvalue weighted by Gasteiger charge is 2.16. The molecular weight excluding hydrogens is 368 g/mol. The van der Waals surface area contributed by atoms with Crippen LogP contribution in [0.3, 0.4) is 0 Å². The molecule has 0 bridgehead atoms. The van der Waals surface area contributed by atoms with Crippen molar-refractivity contribution in [2.24, 2.45) is 0 Å². The molecular formula is C24H17ClN2O. The molecule has 0 N–H and O–H groups in total. The second-order valence-corrected chi connectivity index (χ2v) is 6.79. The molecule has 136 valence electrons. The number of nitrogens with zero attached hydrogens (tertiary/aromatic N) is 2. The molecule has 0 saturated heterocycles. The van der Waals surface area contributed by atoms with Crippen LogP contribution >= 0.6 is 11.6 Å². The Kier molecular flexibility index (Phi) is 4.97. The highest BCUT2D eigenvalue weighted by Crippen LogP contribution is 2.34. The summed E-state index contributed by atoms with van der Waals surface area (Å²) in [6.07, 6.45) is 0. The van der Waals surface area contributed by atoms with Crippen LogP contribution in [0.1, 0.15) is 12.5 Å². The van der Waals surface area contributed by atoms with E-state index in [0.29, 0.717) is 23.1 Å². The van der Waals surface area contributed by atoms with E-state index in [9.17, 15) is 5.26 Å². The van der Waals surface area contributed by atoms with E-state index in [1.165, 1.54) is 5.39 Å². The minimum atomic E-state index is 0.348. The lowest BCUT2D eigenvalue weighted by molar-refractivity contribution is 0.326. The molecule has 1 aromatic heterocycles. The molecule has 0 fully saturated rings. The van der Waals surface area contributed by atoms with Crippen molar-refractivity contribution in [3.63, 3.8) is 0 Å². The maximum absolute atomic E-state index is 9.75. The van der Waals surface area contributed by atoms with Crippen molar-refractivity contribution in [3.8, 4) is 34.3 Å². The van der Waals surface area contributed by atoms with Gasteiger partial charge in [0.05, 0.1) is 12.3 Å². The minimum absolute atomic E-state index is 0.348. The van der Waals surface area contributed by atoms with Crippen LogP contribution in [0.4, 0.5) is 0 Å². The summed E-state index contributed by atoms with van der Waals surface area (Å²) in [5.74, 6) is 0.348. The Morgan fingerprint density at radius 2 is 1.64 bits per heavy atom. The first kappa shape index (κ1) is 18.0. The topological polar surface area (TPSA) is 45.9 Å². The Morgan fingerprint density at radius 1 is 0.929 bits per heavy atom. The number of aromatic nitrogens is 1. The van der Waals surface area contributed by atoms with Gasteiger partial charge in [-0.2, -0.15) is 5.26 Å². The second-order valence-electron chi connectivity index (χ2n) is 6.35. The zero-order valence-corrected chi connectivity index (χ0v) is 16.1. The van der Waals surface area contributed by atoms with Gasteiger partial charge in [0.15, 0.2) is 0 Å². The van der Waals surface area contributed by atoms with Crippen LogP contribution in [0.15, 0.2) is 72.8 Å². The van der Waals surface area contributed by atoms with Crippen molar-refractivity contribution in [1.82, 2.24) is 4.98 Å². The van der Waals surface area contributed by atoms with Gasteiger partial charge in [-0.15, -0.1) is 0 Å². The van der Waals surface area contributed by atoms with Gasteiger partial charge in [-0.1, -0.05) is 60.1 Å². The molecule has 0 amide bonds. The molecule has 0 aliphatic carbocycles. The Labute approximate surface area is 168 Å². The third-order valence-corrected chi connectivity index (χ3v) is 4.83. The number of fused-ring (bicyclic) bond motifs is 1. The van der Waals surface area contributed by atoms with E-state index in [0.717, 1.165) is 27.8 Å². The van der Waals surface area contributed by atoms with E-state index in [2.05, 4.69) is 35.3 Å². The molecule has 1 heterocycles. The molecule has 4 aromatic rings. The number of ether oxygens (including phenoxy) is 1. The molecule has 3 nitrogen and oxygen atoms in total. The van der Waals surface area contributed by atoms with Crippen LogP contribution in [-0.4, -0.2) is 11.6 Å². The van der Waals surface area contributed by atoms with Gasteiger partial charge in [0.1, 0.15) is 11.6 Å². The van der Waals surface area contributed by atoms with Gasteiger partial charge in [-0.25, -0.2) is 4.98 Å². The van der Waals surface area contributed by atoms with Crippen LogP contribution < -0.4 is 4.74 Å². The SMILES string of the molecule is CCOc1nc(-c2ccc3ccccc3c2)cc(-c2ccc(Cl)cc2)c1C#N. The van der Waals surface area contributed by atoms with Crippen molar-refractivity contribution in [3.05, 3.63) is 83.4 Å². The fraction of sp³-hybridized carbons (Fsp3) is 0.0833. The van der Waals surface area contributed by atoms with Crippen LogP contribution in [0.5, 0.6) is 5.88 Å². The Balaban J connectivity index is 1.94. The van der Waals surface area contributed by atoms with Crippen LogP contribution in [-0.2, 0) is 0 Å². The third kappa shape index (κ3) is 3.43. The summed E-state index contributed by atoms with van der Waals surface area (Å²) in [4.78, 5) is 4.64. The van der Waals surface area contributed by atoms with E-state index < -0.39 is 0 Å². The number of halogens is 1. The fourth-order valence-electron chi connectivity index (χ4n) is 3.22. The highest BCUT2D eigenvalue weighted by molar-refractivity contribution is 6.30. The normalized spacial score (nSPS) is 10.6. The summed E-state index contributed by atoms with van der Waals surface area (Å²) in [5, 5.41) is 12.7. The van der Waals surface area contributed by atoms with Gasteiger partial charge in [0.25, 0.3) is 0 Å². The van der Waals surface area contributed by atoms with Gasteiger partial charge >= 0.3 is 0 Å². The Morgan fingerprint density at radius 3 is 2.36 bits per heavy atom. The molecule has 0 atom stereocenters. The predicted octanol–water partition coefficient (Wildman–Crippen LogP) is 6.49. The molecule has 0 unspecified atom stereocenters. The van der Waals surface area contributed by atoms with E-state index in [1.807, 2.05) is 55.5 Å². The van der Waals surface area contributed by atoms with Gasteiger partial charge in [0.2, 0.25) is 5.88 Å². The standard InChI is InChI=1S/C24H17ClN2O/c1-2-28-24-22(15-26)21(17-9-11-20(25)12-10-17)14-23(27-24)19-8-7-16-5-3-4-6-18(16)13-19/h3-14H,2H2,1H3. The van der Waals surface area contributed by atoms with Crippen LogP contribution in [0, 0.1) is 11.3 Å². The van der Waals surface area contributed by atoms with Gasteiger partial charge < -0.3 is 4.74 Å². The Bertz CT molecular complexity index is 1190. The largest absolute Gasteiger partial charge is 0.477 e. The van der Waals surface area contributed by atoms with Gasteiger partial charge in [-0.3, -0.25) is 0 Å². The zero-order valence-electron chi connectivity index (χ0n) is 15.3. The summed E-state index contributed by atoms with van der Waals surface area (Å²) in [5.41, 5.74) is 3.83. The van der Waals surface area contributed by atoms with E-state index in [4.69, 9.17) is 16.3 Å². The Hall–Kier alpha value is -3.35. The molecule has 0 aliphatic rings. The smallest absolute Gasteiger partial charge is 0.232 e. The summed E-state index contributed by atoms with van der Waals surface area (Å²) in [6.45, 7) is 2.32. The molecule has 0 saturated carbocycles. The minimum Gasteiger partial charge on any atom is -0.477 e. The fourth-order valence-corrected chi connectivity index (χ4v) is 3.35. The number of hydrogen-bond donors (Lipinski definition) is 0. The first-order chi connectivity index (χ1) is 13.7. The van der Waals surface area contributed by atoms with Gasteiger partial charge in [0, 0.05) is 16.1 Å². The molecule has 28 heavy (non-hydrogen) atoms. The average Bonchev–Trinajstić information content (AvgIpc) is 2.73. The predicted molar refractivity (Wildman–Crippen MR) is 114 cm³/mol. The number of pyridine rings is 1. The maximum Gasteiger partial charge on any atom is 0.232 e. The molecule has 0 radical (unpaired) electrons. The first-order valence-electron chi connectivity index (χ1n) is 9.02. The number of benzene rings is 3. The van der Waals surface area contributed by atoms with Gasteiger partial charge in [-0.05, 0) is 47.5 Å². The summed E-state index contributed by atoms with van der Waals surface area (Å²) >= 11 is 6.03. The average molecular weight is 385 g/mol. The molecule has 4 heteroatoms. The third-order valence-electron chi connectivity index (χ3n) is 4.58. The molecule has 3 aromatic carbocycles. The molecule has 0 aliphatic heterocycles. The van der Waals surface area contributed by atoms with Crippen molar-refractivity contribution in [2.45, 2.75) is 6.92 Å². The van der Waals surface area contributed by atoms with E-state index >= 15 is 0 Å².